The minimum atomic E-state index is 0.0507. The molecule has 10 aliphatic rings. The van der Waals surface area contributed by atoms with E-state index in [1.165, 1.54) is 198 Å². The van der Waals surface area contributed by atoms with Crippen molar-refractivity contribution in [2.75, 3.05) is 140 Å². The molecule has 5 aliphatic heterocycles. The molecule has 5 N–H and O–H groups in total. The molecule has 5 saturated heterocycles. The van der Waals surface area contributed by atoms with E-state index in [0.717, 1.165) is 240 Å². The third-order valence-electron chi connectivity index (χ3n) is 34.3. The number of rotatable bonds is 43. The fourth-order valence-corrected chi connectivity index (χ4v) is 25.3. The molecule has 0 radical (unpaired) electrons. The van der Waals surface area contributed by atoms with Gasteiger partial charge >= 0.3 is 0 Å². The van der Waals surface area contributed by atoms with E-state index in [1.807, 2.05) is 44.8 Å². The summed E-state index contributed by atoms with van der Waals surface area (Å²) in [5.41, 5.74) is 14.6. The maximum Gasteiger partial charge on any atom is 0.223 e. The summed E-state index contributed by atoms with van der Waals surface area (Å²) in [4.78, 5) is 57.4. The number of ether oxygens (including phenoxy) is 5. The summed E-state index contributed by atoms with van der Waals surface area (Å²) in [5.74, 6) is 6.12. The molecule has 15 rings (SSSR count). The van der Waals surface area contributed by atoms with Crippen molar-refractivity contribution in [3.05, 3.63) is 87.3 Å². The van der Waals surface area contributed by atoms with Gasteiger partial charge in [-0.3, -0.25) is 39.9 Å². The van der Waals surface area contributed by atoms with E-state index in [9.17, 15) is 14.4 Å². The van der Waals surface area contributed by atoms with Gasteiger partial charge in [-0.1, -0.05) is 94.4 Å². The van der Waals surface area contributed by atoms with Gasteiger partial charge in [0.15, 0.2) is 0 Å². The lowest BCUT2D eigenvalue weighted by Crippen LogP contribution is -2.46. The first-order valence-corrected chi connectivity index (χ1v) is 57.0. The molecule has 0 aromatic carbocycles. The minimum absolute atomic E-state index is 0.0507. The Morgan fingerprint density at radius 3 is 0.864 bits per heavy atom. The zero-order valence-corrected chi connectivity index (χ0v) is 91.7. The lowest BCUT2D eigenvalue weighted by molar-refractivity contribution is -0.137. The molecule has 5 aromatic rings. The maximum absolute atomic E-state index is 13.2. The van der Waals surface area contributed by atoms with Crippen molar-refractivity contribution < 1.29 is 38.1 Å². The highest BCUT2D eigenvalue weighted by Crippen LogP contribution is 2.56. The van der Waals surface area contributed by atoms with E-state index in [-0.39, 0.29) is 11.2 Å². The Kier molecular flexibility index (Phi) is 47.8. The van der Waals surface area contributed by atoms with Crippen LogP contribution in [-0.4, -0.2) is 278 Å². The summed E-state index contributed by atoms with van der Waals surface area (Å²) in [5, 5.41) is 38.5. The summed E-state index contributed by atoms with van der Waals surface area (Å²) in [6.07, 6.45) is 57.1. The van der Waals surface area contributed by atoms with Gasteiger partial charge in [-0.2, -0.15) is 25.5 Å². The van der Waals surface area contributed by atoms with Crippen molar-refractivity contribution in [3.8, 4) is 0 Å². The zero-order valence-electron chi connectivity index (χ0n) is 91.7. The molecule has 2 spiro atoms. The van der Waals surface area contributed by atoms with Crippen LogP contribution in [-0.2, 0) is 70.8 Å². The second-order valence-corrected chi connectivity index (χ2v) is 46.8. The van der Waals surface area contributed by atoms with Crippen molar-refractivity contribution >= 4 is 17.7 Å². The van der Waals surface area contributed by atoms with Crippen LogP contribution in [0.25, 0.3) is 0 Å². The standard InChI is InChI=1S/C26H46N4O2.2C24H42N4O2.2C20H35N3O/c1-5-6-13-29(4)19-23-17-27-28-26(23)22-7-9-24(10-8-22)30(25(31)16-20(2)3)18-21-11-14-32-15-12-21;2*1-4-6-13-27(3)18-21-16-25-26-24(21)20-7-9-22(10-8-20)28(23(29)5-2)17-19-11-14-30-15-12-19;1-5-6-12-23(4)15-17-14-21-22-18(17)16-7-9-20(10-8-16)11-13-24-19(20,2)3;1-5-6-11-23(4)13-17-12-21-22-18(17)16-7-9-20(10-8-16)14-19(2,3)24-15-20/h17,20-22,24H,5-16,18-19H2,1-4H3,(H,27,28);2*16,19-20,22H,4-15,17-18H2,1-3H3,(H,25,26);14,16H,5-13,15H2,1-4H3,(H,21,22);12,16H,5-11,13-15H2,1-4H3,(H,21,22). The molecule has 10 heterocycles. The van der Waals surface area contributed by atoms with Gasteiger partial charge in [0.25, 0.3) is 0 Å². The van der Waals surface area contributed by atoms with Crippen LogP contribution >= 0.6 is 0 Å². The molecule has 3 amide bonds. The Balaban J connectivity index is 0.000000168. The first-order valence-electron chi connectivity index (χ1n) is 57.0. The van der Waals surface area contributed by atoms with E-state index in [0.29, 0.717) is 119 Å². The van der Waals surface area contributed by atoms with Crippen molar-refractivity contribution in [2.24, 2.45) is 34.5 Å². The normalized spacial score (nSPS) is 25.2. The second kappa shape index (κ2) is 58.6. The summed E-state index contributed by atoms with van der Waals surface area (Å²) < 4.78 is 28.7. The van der Waals surface area contributed by atoms with Crippen molar-refractivity contribution in [3.63, 3.8) is 0 Å². The lowest BCUT2D eigenvalue weighted by atomic mass is 9.61. The smallest absolute Gasteiger partial charge is 0.223 e. The van der Waals surface area contributed by atoms with E-state index in [2.05, 4.69) is 202 Å². The van der Waals surface area contributed by atoms with Crippen molar-refractivity contribution in [1.29, 1.82) is 0 Å². The monoisotopic (exact) mass is 1950 g/mol. The first-order chi connectivity index (χ1) is 67.6. The van der Waals surface area contributed by atoms with Gasteiger partial charge in [-0.25, -0.2) is 0 Å². The molecule has 0 unspecified atom stereocenters. The molecular weight excluding hydrogens is 1750 g/mol. The number of hydrogen-bond donors (Lipinski definition) is 5. The minimum Gasteiger partial charge on any atom is -0.381 e. The van der Waals surface area contributed by atoms with Crippen LogP contribution < -0.4 is 0 Å². The number of hydrogen-bond acceptors (Lipinski definition) is 18. The Morgan fingerprint density at radius 2 is 0.621 bits per heavy atom. The molecule has 0 bridgehead atoms. The molecule has 0 atom stereocenters. The Morgan fingerprint density at radius 1 is 0.350 bits per heavy atom. The van der Waals surface area contributed by atoms with Crippen LogP contribution in [0.5, 0.6) is 0 Å². The third-order valence-corrected chi connectivity index (χ3v) is 34.3. The van der Waals surface area contributed by atoms with Crippen LogP contribution in [0.15, 0.2) is 31.0 Å². The lowest BCUT2D eigenvalue weighted by Gasteiger charge is -2.45. The van der Waals surface area contributed by atoms with Gasteiger partial charge in [0.1, 0.15) is 0 Å². The summed E-state index contributed by atoms with van der Waals surface area (Å²) in [6.45, 7) is 49.0. The van der Waals surface area contributed by atoms with Crippen molar-refractivity contribution in [1.82, 2.24) is 90.2 Å². The quantitative estimate of drug-likeness (QED) is 0.0243. The predicted molar refractivity (Wildman–Crippen MR) is 567 cm³/mol. The van der Waals surface area contributed by atoms with Gasteiger partial charge in [0.05, 0.1) is 48.8 Å². The Bertz CT molecular complexity index is 4120. The fraction of sp³-hybridized carbons (Fsp3) is 0.842. The average molecular weight is 1950 g/mol. The Labute approximate surface area is 848 Å². The number of aromatic nitrogens is 10. The number of aromatic amines is 5. The topological polar surface area (TPSA) is 267 Å². The molecule has 26 heteroatoms. The van der Waals surface area contributed by atoms with Crippen LogP contribution in [0.2, 0.25) is 0 Å². The van der Waals surface area contributed by atoms with Crippen LogP contribution in [0.1, 0.15) is 439 Å². The van der Waals surface area contributed by atoms with E-state index < -0.39 is 0 Å². The second-order valence-electron chi connectivity index (χ2n) is 46.8. The zero-order chi connectivity index (χ0) is 100. The van der Waals surface area contributed by atoms with Crippen molar-refractivity contribution in [2.45, 2.75) is 445 Å². The predicted octanol–water partition coefficient (Wildman–Crippen LogP) is 22.6. The van der Waals surface area contributed by atoms with E-state index >= 15 is 0 Å². The highest BCUT2D eigenvalue weighted by atomic mass is 16.5. The SMILES string of the molecule is CCCCN(C)Cc1cn[nH]c1C1CCC(N(CC2CCOCC2)C(=O)CC(C)C)CC1.CCCCN(C)Cc1cn[nH]c1C1CCC(N(CC2CCOCC2)C(=O)CC)CC1.CCCCN(C)Cc1cn[nH]c1C1CCC(N(CC2CCOCC2)C(=O)CC)CC1.CCCCN(C)Cc1cn[nH]c1C1CCC2(CC1)COC(C)(C)C2.CCCCN(C)Cc1cn[nH]c1C1CCC2(CCOC2(C)C)CC1. The molecule has 26 nitrogen and oxygen atoms in total. The molecule has 5 aromatic heterocycles. The largest absolute Gasteiger partial charge is 0.381 e. The highest BCUT2D eigenvalue weighted by Gasteiger charge is 2.52. The van der Waals surface area contributed by atoms with Crippen LogP contribution in [0, 0.1) is 34.5 Å². The molecule has 10 fully saturated rings. The van der Waals surface area contributed by atoms with Gasteiger partial charge in [0, 0.05) is 227 Å². The number of unbranched alkanes of at least 4 members (excludes halogenated alkanes) is 5. The Hall–Kier alpha value is -5.94. The number of carbonyl (C=O) groups is 3. The number of H-pyrrole nitrogens is 5. The van der Waals surface area contributed by atoms with Gasteiger partial charge < -0.3 is 62.9 Å². The van der Waals surface area contributed by atoms with E-state index in [4.69, 9.17) is 23.7 Å². The number of nitrogens with one attached hydrogen (secondary N) is 5. The highest BCUT2D eigenvalue weighted by molar-refractivity contribution is 5.77. The molecule has 140 heavy (non-hydrogen) atoms. The maximum atomic E-state index is 13.2. The summed E-state index contributed by atoms with van der Waals surface area (Å²) >= 11 is 0. The molecular formula is C114H200N18O8. The summed E-state index contributed by atoms with van der Waals surface area (Å²) in [7, 11) is 11.1. The number of carbonyl (C=O) groups excluding carboxylic acids is 3. The van der Waals surface area contributed by atoms with Crippen LogP contribution in [0.4, 0.5) is 0 Å². The van der Waals surface area contributed by atoms with E-state index in [1.54, 1.807) is 0 Å². The molecule has 5 saturated carbocycles. The number of amides is 3. The third kappa shape index (κ3) is 34.6. The van der Waals surface area contributed by atoms with Gasteiger partial charge in [-0.05, 0) is 337 Å². The first kappa shape index (κ1) is 114. The summed E-state index contributed by atoms with van der Waals surface area (Å²) in [6, 6.07) is 1.18. The fourth-order valence-electron chi connectivity index (χ4n) is 25.3. The van der Waals surface area contributed by atoms with Crippen LogP contribution in [0.3, 0.4) is 0 Å². The van der Waals surface area contributed by atoms with Gasteiger partial charge in [-0.15, -0.1) is 0 Å². The average Bonchev–Trinajstić information content (AvgIpc) is 1.41. The van der Waals surface area contributed by atoms with Gasteiger partial charge in [0.2, 0.25) is 17.7 Å². The number of nitrogens with zero attached hydrogens (tertiary/aromatic N) is 13. The molecule has 5 aliphatic carbocycles. The molecule has 794 valence electrons.